The van der Waals surface area contributed by atoms with Crippen LogP contribution in [0.5, 0.6) is 0 Å². The number of nitrogens with two attached hydrogens (primary N) is 2. The number of hydrazine groups is 1. The SMILES string of the molecule is CCCCNC(=NCCCC(N)=O)NN. The third kappa shape index (κ3) is 9.01. The number of nitrogens with zero attached hydrogens (tertiary/aromatic N) is 1. The van der Waals surface area contributed by atoms with Gasteiger partial charge in [-0.15, -0.1) is 0 Å². The molecule has 0 fully saturated rings. The van der Waals surface area contributed by atoms with Crippen molar-refractivity contribution >= 4 is 11.9 Å². The van der Waals surface area contributed by atoms with Gasteiger partial charge in [-0.25, -0.2) is 5.84 Å². The molecule has 0 saturated carbocycles. The fraction of sp³-hybridized carbons (Fsp3) is 0.778. The van der Waals surface area contributed by atoms with Crippen molar-refractivity contribution in [1.29, 1.82) is 0 Å². The maximum absolute atomic E-state index is 10.4. The van der Waals surface area contributed by atoms with Gasteiger partial charge in [-0.05, 0) is 12.8 Å². The van der Waals surface area contributed by atoms with Crippen LogP contribution in [0.1, 0.15) is 32.6 Å². The molecule has 0 heterocycles. The molecular weight excluding hydrogens is 194 g/mol. The summed E-state index contributed by atoms with van der Waals surface area (Å²) in [4.78, 5) is 14.6. The first-order chi connectivity index (χ1) is 7.20. The summed E-state index contributed by atoms with van der Waals surface area (Å²) < 4.78 is 0. The molecule has 15 heavy (non-hydrogen) atoms. The maximum Gasteiger partial charge on any atom is 0.217 e. The highest BCUT2D eigenvalue weighted by Crippen LogP contribution is 1.88. The van der Waals surface area contributed by atoms with Gasteiger partial charge < -0.3 is 11.1 Å². The van der Waals surface area contributed by atoms with E-state index >= 15 is 0 Å². The standard InChI is InChI=1S/C9H21N5O/c1-2-3-6-12-9(14-11)13-7-4-5-8(10)15/h2-7,11H2,1H3,(H2,10,15)(H2,12,13,14). The van der Waals surface area contributed by atoms with Crippen molar-refractivity contribution in [3.8, 4) is 0 Å². The summed E-state index contributed by atoms with van der Waals surface area (Å²) in [6.07, 6.45) is 3.20. The smallest absolute Gasteiger partial charge is 0.217 e. The molecule has 0 unspecified atom stereocenters. The van der Waals surface area contributed by atoms with Crippen molar-refractivity contribution in [3.05, 3.63) is 0 Å². The molecule has 0 rings (SSSR count). The second-order valence-corrected chi connectivity index (χ2v) is 3.22. The van der Waals surface area contributed by atoms with Gasteiger partial charge in [0.1, 0.15) is 0 Å². The first kappa shape index (κ1) is 13.7. The van der Waals surface area contributed by atoms with Crippen LogP contribution >= 0.6 is 0 Å². The van der Waals surface area contributed by atoms with Gasteiger partial charge in [-0.1, -0.05) is 13.3 Å². The van der Waals surface area contributed by atoms with Crippen molar-refractivity contribution in [2.45, 2.75) is 32.6 Å². The summed E-state index contributed by atoms with van der Waals surface area (Å²) in [7, 11) is 0. The number of aliphatic imine (C=N–C) groups is 1. The summed E-state index contributed by atoms with van der Waals surface area (Å²) in [5, 5.41) is 3.06. The number of primary amides is 1. The van der Waals surface area contributed by atoms with E-state index in [1.807, 2.05) is 0 Å². The Balaban J connectivity index is 3.64. The van der Waals surface area contributed by atoms with Gasteiger partial charge in [-0.3, -0.25) is 15.2 Å². The van der Waals surface area contributed by atoms with Gasteiger partial charge in [0.25, 0.3) is 0 Å². The summed E-state index contributed by atoms with van der Waals surface area (Å²) in [6, 6.07) is 0. The zero-order valence-electron chi connectivity index (χ0n) is 9.25. The lowest BCUT2D eigenvalue weighted by Gasteiger charge is -2.07. The van der Waals surface area contributed by atoms with Gasteiger partial charge in [0.05, 0.1) is 0 Å². The van der Waals surface area contributed by atoms with Crippen molar-refractivity contribution in [3.63, 3.8) is 0 Å². The summed E-state index contributed by atoms with van der Waals surface area (Å²) in [6.45, 7) is 3.50. The molecular formula is C9H21N5O. The van der Waals surface area contributed by atoms with E-state index in [1.165, 1.54) is 0 Å². The third-order valence-electron chi connectivity index (χ3n) is 1.81. The lowest BCUT2D eigenvalue weighted by molar-refractivity contribution is -0.118. The minimum atomic E-state index is -0.300. The molecule has 6 heteroatoms. The predicted molar refractivity (Wildman–Crippen MR) is 61.0 cm³/mol. The van der Waals surface area contributed by atoms with Gasteiger partial charge >= 0.3 is 0 Å². The zero-order valence-corrected chi connectivity index (χ0v) is 9.25. The summed E-state index contributed by atoms with van der Waals surface area (Å²) >= 11 is 0. The average Bonchev–Trinajstić information content (AvgIpc) is 2.21. The number of rotatable bonds is 7. The number of carbonyl (C=O) groups excluding carboxylic acids is 1. The van der Waals surface area contributed by atoms with Crippen molar-refractivity contribution < 1.29 is 4.79 Å². The van der Waals surface area contributed by atoms with E-state index in [2.05, 4.69) is 22.7 Å². The minimum Gasteiger partial charge on any atom is -0.370 e. The van der Waals surface area contributed by atoms with Crippen molar-refractivity contribution in [2.24, 2.45) is 16.6 Å². The maximum atomic E-state index is 10.4. The van der Waals surface area contributed by atoms with Crippen LogP contribution in [-0.4, -0.2) is 25.0 Å². The van der Waals surface area contributed by atoms with E-state index in [0.29, 0.717) is 25.3 Å². The van der Waals surface area contributed by atoms with Gasteiger partial charge in [0.2, 0.25) is 11.9 Å². The molecule has 1 amide bonds. The van der Waals surface area contributed by atoms with Gasteiger partial charge in [-0.2, -0.15) is 0 Å². The third-order valence-corrected chi connectivity index (χ3v) is 1.81. The number of amides is 1. The van der Waals surface area contributed by atoms with Crippen LogP contribution in [0.15, 0.2) is 4.99 Å². The van der Waals surface area contributed by atoms with Crippen LogP contribution in [0, 0.1) is 0 Å². The van der Waals surface area contributed by atoms with Crippen LogP contribution < -0.4 is 22.3 Å². The van der Waals surface area contributed by atoms with E-state index in [9.17, 15) is 4.79 Å². The summed E-state index contributed by atoms with van der Waals surface area (Å²) in [5.41, 5.74) is 7.47. The number of hydrogen-bond acceptors (Lipinski definition) is 3. The Labute approximate surface area is 90.5 Å². The minimum absolute atomic E-state index is 0.300. The van der Waals surface area contributed by atoms with E-state index in [1.54, 1.807) is 0 Å². The Hall–Kier alpha value is -1.30. The molecule has 0 aliphatic rings. The monoisotopic (exact) mass is 215 g/mol. The van der Waals surface area contributed by atoms with Gasteiger partial charge in [0.15, 0.2) is 0 Å². The van der Waals surface area contributed by atoms with E-state index in [-0.39, 0.29) is 5.91 Å². The molecule has 6 nitrogen and oxygen atoms in total. The molecule has 88 valence electrons. The Kier molecular flexibility index (Phi) is 8.46. The average molecular weight is 215 g/mol. The van der Waals surface area contributed by atoms with E-state index in [4.69, 9.17) is 11.6 Å². The largest absolute Gasteiger partial charge is 0.370 e. The Morgan fingerprint density at radius 1 is 1.40 bits per heavy atom. The van der Waals surface area contributed by atoms with Crippen LogP contribution in [0.25, 0.3) is 0 Å². The number of guanidine groups is 1. The predicted octanol–water partition coefficient (Wildman–Crippen LogP) is -0.539. The molecule has 0 spiro atoms. The summed E-state index contributed by atoms with van der Waals surface area (Å²) in [5.74, 6) is 5.53. The molecule has 0 aliphatic heterocycles. The molecule has 0 radical (unpaired) electrons. The van der Waals surface area contributed by atoms with E-state index in [0.717, 1.165) is 19.4 Å². The van der Waals surface area contributed by atoms with Crippen molar-refractivity contribution in [1.82, 2.24) is 10.7 Å². The van der Waals surface area contributed by atoms with Crippen LogP contribution in [0.3, 0.4) is 0 Å². The second kappa shape index (κ2) is 9.26. The first-order valence-electron chi connectivity index (χ1n) is 5.24. The Morgan fingerprint density at radius 2 is 2.13 bits per heavy atom. The lowest BCUT2D eigenvalue weighted by Crippen LogP contribution is -2.42. The Morgan fingerprint density at radius 3 is 2.67 bits per heavy atom. The topological polar surface area (TPSA) is 106 Å². The van der Waals surface area contributed by atoms with Crippen LogP contribution in [0.4, 0.5) is 0 Å². The Bertz CT molecular complexity index is 205. The number of unbranched alkanes of at least 4 members (excludes halogenated alkanes) is 1. The normalized spacial score (nSPS) is 11.2. The highest BCUT2D eigenvalue weighted by Gasteiger charge is 1.95. The van der Waals surface area contributed by atoms with Crippen LogP contribution in [0.2, 0.25) is 0 Å². The zero-order chi connectivity index (χ0) is 11.5. The fourth-order valence-corrected chi connectivity index (χ4v) is 0.980. The molecule has 0 aliphatic carbocycles. The molecule has 0 aromatic carbocycles. The number of hydrogen-bond donors (Lipinski definition) is 4. The molecule has 0 aromatic rings. The molecule has 6 N–H and O–H groups in total. The molecule has 0 bridgehead atoms. The van der Waals surface area contributed by atoms with E-state index < -0.39 is 0 Å². The molecule has 0 aromatic heterocycles. The number of nitrogens with one attached hydrogen (secondary N) is 2. The highest BCUT2D eigenvalue weighted by atomic mass is 16.1. The molecule has 0 atom stereocenters. The second-order valence-electron chi connectivity index (χ2n) is 3.22. The lowest BCUT2D eigenvalue weighted by atomic mass is 10.3. The van der Waals surface area contributed by atoms with Gasteiger partial charge in [0, 0.05) is 19.5 Å². The highest BCUT2D eigenvalue weighted by molar-refractivity contribution is 5.79. The number of carbonyl (C=O) groups is 1. The molecule has 0 saturated heterocycles. The first-order valence-corrected chi connectivity index (χ1v) is 5.24. The van der Waals surface area contributed by atoms with Crippen molar-refractivity contribution in [2.75, 3.05) is 13.1 Å². The van der Waals surface area contributed by atoms with Crippen LogP contribution in [-0.2, 0) is 4.79 Å². The fourth-order valence-electron chi connectivity index (χ4n) is 0.980. The quantitative estimate of drug-likeness (QED) is 0.150.